The van der Waals surface area contributed by atoms with E-state index >= 15 is 0 Å². The lowest BCUT2D eigenvalue weighted by Gasteiger charge is -2.33. The Kier molecular flexibility index (Phi) is 5.83. The number of anilines is 2. The SMILES string of the molecule is C=C(C(C)C(=O)OCC)[P+]1(O)N(c2ccccc2)CCN1c1ccccc1. The van der Waals surface area contributed by atoms with Crippen molar-refractivity contribution in [1.29, 1.82) is 0 Å². The molecular formula is C21H26N2O3P+. The largest absolute Gasteiger partial charge is 0.465 e. The second kappa shape index (κ2) is 8.12. The highest BCUT2D eigenvalue weighted by Gasteiger charge is 2.60. The number of hydrogen-bond donors (Lipinski definition) is 1. The van der Waals surface area contributed by atoms with E-state index in [1.807, 2.05) is 70.0 Å². The molecule has 0 amide bonds. The van der Waals surface area contributed by atoms with Gasteiger partial charge in [-0.2, -0.15) is 14.2 Å². The number of rotatable bonds is 6. The van der Waals surface area contributed by atoms with Gasteiger partial charge in [0.05, 0.1) is 31.1 Å². The van der Waals surface area contributed by atoms with Crippen molar-refractivity contribution in [3.8, 4) is 0 Å². The molecule has 0 aromatic heterocycles. The molecule has 142 valence electrons. The Balaban J connectivity index is 2.04. The lowest BCUT2D eigenvalue weighted by Crippen LogP contribution is -2.30. The molecule has 1 aliphatic heterocycles. The third-order valence-corrected chi connectivity index (χ3v) is 8.20. The molecule has 0 saturated carbocycles. The van der Waals surface area contributed by atoms with Gasteiger partial charge in [-0.15, -0.1) is 0 Å². The highest BCUT2D eigenvalue weighted by atomic mass is 31.2. The fourth-order valence-electron chi connectivity index (χ4n) is 3.35. The van der Waals surface area contributed by atoms with E-state index < -0.39 is 13.7 Å². The minimum atomic E-state index is -3.04. The summed E-state index contributed by atoms with van der Waals surface area (Å²) in [5.41, 5.74) is 1.84. The standard InChI is InChI=1S/C21H26N2O3P/c1-4-26-21(24)17(2)18(3)27(25)22(19-11-7-5-8-12-19)15-16-23(27)20-13-9-6-10-14-20/h5-14,17,25H,3-4,15-16H2,1-2H3/q+1. The van der Waals surface area contributed by atoms with Crippen LogP contribution in [0.4, 0.5) is 11.4 Å². The number of carbonyl (C=O) groups excluding carboxylic acids is 1. The first kappa shape index (κ1) is 19.4. The highest BCUT2D eigenvalue weighted by Crippen LogP contribution is 2.73. The Morgan fingerprint density at radius 2 is 1.52 bits per heavy atom. The molecule has 1 heterocycles. The van der Waals surface area contributed by atoms with Gasteiger partial charge < -0.3 is 4.74 Å². The molecule has 1 N–H and O–H groups in total. The van der Waals surface area contributed by atoms with E-state index in [0.29, 0.717) is 25.0 Å². The van der Waals surface area contributed by atoms with Gasteiger partial charge in [0.15, 0.2) is 5.31 Å². The average molecular weight is 385 g/mol. The summed E-state index contributed by atoms with van der Waals surface area (Å²) in [6.45, 7) is 9.31. The molecule has 1 atom stereocenters. The maximum Gasteiger partial charge on any atom is 0.362 e. The van der Waals surface area contributed by atoms with Crippen molar-refractivity contribution in [2.75, 3.05) is 29.0 Å². The molecular weight excluding hydrogens is 359 g/mol. The maximum atomic E-state index is 12.4. The van der Waals surface area contributed by atoms with E-state index in [2.05, 4.69) is 6.58 Å². The van der Waals surface area contributed by atoms with Crippen LogP contribution in [0.3, 0.4) is 0 Å². The van der Waals surface area contributed by atoms with Crippen LogP contribution in [0.25, 0.3) is 0 Å². The monoisotopic (exact) mass is 385 g/mol. The molecule has 5 nitrogen and oxygen atoms in total. The Morgan fingerprint density at radius 3 is 1.93 bits per heavy atom. The second-order valence-electron chi connectivity index (χ2n) is 6.45. The molecule has 6 heteroatoms. The zero-order valence-electron chi connectivity index (χ0n) is 15.8. The summed E-state index contributed by atoms with van der Waals surface area (Å²) in [6.07, 6.45) is 0. The number of para-hydroxylation sites is 2. The van der Waals surface area contributed by atoms with Crippen molar-refractivity contribution in [2.45, 2.75) is 13.8 Å². The third-order valence-electron chi connectivity index (χ3n) is 4.83. The number of carbonyl (C=O) groups is 1. The average Bonchev–Trinajstić information content (AvgIpc) is 3.06. The fraction of sp³-hybridized carbons (Fsp3) is 0.286. The first-order valence-electron chi connectivity index (χ1n) is 9.14. The molecule has 0 aliphatic carbocycles. The summed E-state index contributed by atoms with van der Waals surface area (Å²) in [4.78, 5) is 24.4. The van der Waals surface area contributed by atoms with Crippen LogP contribution in [0.2, 0.25) is 0 Å². The summed E-state index contributed by atoms with van der Waals surface area (Å²) in [7, 11) is -3.04. The highest BCUT2D eigenvalue weighted by molar-refractivity contribution is 7.77. The van der Waals surface area contributed by atoms with E-state index in [4.69, 9.17) is 4.74 Å². The first-order chi connectivity index (χ1) is 13.0. The number of benzene rings is 2. The predicted octanol–water partition coefficient (Wildman–Crippen LogP) is 4.48. The van der Waals surface area contributed by atoms with Gasteiger partial charge >= 0.3 is 13.8 Å². The van der Waals surface area contributed by atoms with E-state index in [-0.39, 0.29) is 5.97 Å². The number of esters is 1. The van der Waals surface area contributed by atoms with Crippen LogP contribution in [-0.2, 0) is 9.53 Å². The van der Waals surface area contributed by atoms with Crippen LogP contribution in [0.15, 0.2) is 72.6 Å². The molecule has 0 radical (unpaired) electrons. The van der Waals surface area contributed by atoms with Gasteiger partial charge in [-0.1, -0.05) is 43.0 Å². The Bertz CT molecular complexity index is 750. The summed E-state index contributed by atoms with van der Waals surface area (Å²) in [6, 6.07) is 19.6. The zero-order chi connectivity index (χ0) is 19.4. The van der Waals surface area contributed by atoms with Crippen LogP contribution in [0, 0.1) is 5.92 Å². The number of hydrogen-bond acceptors (Lipinski definition) is 5. The Hall–Kier alpha value is -2.36. The molecule has 1 saturated heterocycles. The van der Waals surface area contributed by atoms with Gasteiger partial charge in [0.2, 0.25) is 0 Å². The van der Waals surface area contributed by atoms with Gasteiger partial charge in [-0.05, 0) is 38.1 Å². The molecule has 2 aromatic rings. The van der Waals surface area contributed by atoms with Crippen molar-refractivity contribution < 1.29 is 14.4 Å². The van der Waals surface area contributed by atoms with E-state index in [0.717, 1.165) is 11.4 Å². The molecule has 1 aliphatic rings. The van der Waals surface area contributed by atoms with Crippen LogP contribution in [0.1, 0.15) is 13.8 Å². The van der Waals surface area contributed by atoms with Crippen molar-refractivity contribution in [2.24, 2.45) is 5.92 Å². The summed E-state index contributed by atoms with van der Waals surface area (Å²) >= 11 is 0. The molecule has 2 aromatic carbocycles. The van der Waals surface area contributed by atoms with Gasteiger partial charge in [0.1, 0.15) is 5.92 Å². The zero-order valence-corrected chi connectivity index (χ0v) is 16.7. The molecule has 1 unspecified atom stereocenters. The van der Waals surface area contributed by atoms with Gasteiger partial charge in [-0.25, -0.2) is 0 Å². The molecule has 3 rings (SSSR count). The van der Waals surface area contributed by atoms with Crippen molar-refractivity contribution in [3.63, 3.8) is 0 Å². The Morgan fingerprint density at radius 1 is 1.07 bits per heavy atom. The summed E-state index contributed by atoms with van der Waals surface area (Å²) in [5.74, 6) is -0.956. The quantitative estimate of drug-likeness (QED) is 0.587. The lowest BCUT2D eigenvalue weighted by molar-refractivity contribution is -0.145. The maximum absolute atomic E-state index is 12.4. The second-order valence-corrected chi connectivity index (χ2v) is 9.13. The first-order valence-corrected chi connectivity index (χ1v) is 10.8. The summed E-state index contributed by atoms with van der Waals surface area (Å²) in [5, 5.41) is 0.506. The van der Waals surface area contributed by atoms with Crippen LogP contribution >= 0.6 is 7.79 Å². The van der Waals surface area contributed by atoms with Crippen LogP contribution in [-0.4, -0.2) is 30.6 Å². The van der Waals surface area contributed by atoms with Gasteiger partial charge in [-0.3, -0.25) is 4.79 Å². The van der Waals surface area contributed by atoms with Gasteiger partial charge in [0, 0.05) is 0 Å². The van der Waals surface area contributed by atoms with Crippen LogP contribution in [0.5, 0.6) is 0 Å². The molecule has 1 fully saturated rings. The van der Waals surface area contributed by atoms with E-state index in [9.17, 15) is 9.69 Å². The topological polar surface area (TPSA) is 53.0 Å². The van der Waals surface area contributed by atoms with Crippen LogP contribution < -0.4 is 9.34 Å². The van der Waals surface area contributed by atoms with E-state index in [1.165, 1.54) is 0 Å². The lowest BCUT2D eigenvalue weighted by atomic mass is 10.2. The van der Waals surface area contributed by atoms with E-state index in [1.54, 1.807) is 13.8 Å². The minimum Gasteiger partial charge on any atom is -0.465 e. The molecule has 27 heavy (non-hydrogen) atoms. The predicted molar refractivity (Wildman–Crippen MR) is 112 cm³/mol. The normalized spacial score (nSPS) is 16.9. The molecule has 0 bridgehead atoms. The van der Waals surface area contributed by atoms with Crippen molar-refractivity contribution >= 4 is 25.1 Å². The van der Waals surface area contributed by atoms with Crippen molar-refractivity contribution in [1.82, 2.24) is 0 Å². The third kappa shape index (κ3) is 3.58. The van der Waals surface area contributed by atoms with Crippen molar-refractivity contribution in [3.05, 3.63) is 72.6 Å². The number of nitrogens with zero attached hydrogens (tertiary/aromatic N) is 2. The fourth-order valence-corrected chi connectivity index (χ4v) is 6.51. The summed E-state index contributed by atoms with van der Waals surface area (Å²) < 4.78 is 9.18. The smallest absolute Gasteiger partial charge is 0.362 e. The molecule has 0 spiro atoms. The number of ether oxygens (including phenoxy) is 1. The Labute approximate surface area is 161 Å². The minimum absolute atomic E-state index is 0.304. The van der Waals surface area contributed by atoms with Gasteiger partial charge in [0.25, 0.3) is 0 Å².